The number of morpholine rings is 1. The first kappa shape index (κ1) is 28.5. The number of rotatable bonds is 9. The number of ether oxygens (including phenoxy) is 1. The second-order valence-electron chi connectivity index (χ2n) is 11.6. The van der Waals surface area contributed by atoms with Gasteiger partial charge < -0.3 is 24.5 Å². The number of aliphatic hydroxyl groups excluding tert-OH is 1. The van der Waals surface area contributed by atoms with Gasteiger partial charge in [-0.2, -0.15) is 0 Å². The van der Waals surface area contributed by atoms with Crippen molar-refractivity contribution in [3.05, 3.63) is 60.2 Å². The topological polar surface area (TPSA) is 93.6 Å². The molecule has 3 amide bonds. The molecule has 0 aromatic heterocycles. The Hall–Kier alpha value is -2.66. The highest BCUT2D eigenvalue weighted by Gasteiger charge is 2.70. The predicted molar refractivity (Wildman–Crippen MR) is 157 cm³/mol. The van der Waals surface area contributed by atoms with Gasteiger partial charge in [-0.25, -0.2) is 0 Å². The van der Waals surface area contributed by atoms with Crippen LogP contribution in [0.4, 0.5) is 0 Å². The van der Waals surface area contributed by atoms with Crippen LogP contribution in [0.5, 0.6) is 0 Å². The van der Waals surface area contributed by atoms with Crippen LogP contribution in [-0.4, -0.2) is 124 Å². The van der Waals surface area contributed by atoms with Gasteiger partial charge in [0.05, 0.1) is 29.8 Å². The molecule has 1 aromatic carbocycles. The Morgan fingerprint density at radius 1 is 0.902 bits per heavy atom. The minimum Gasteiger partial charge on any atom is -0.396 e. The number of hydrogen-bond donors (Lipinski definition) is 1. The van der Waals surface area contributed by atoms with Gasteiger partial charge in [0.25, 0.3) is 0 Å². The van der Waals surface area contributed by atoms with Gasteiger partial charge in [0.2, 0.25) is 17.7 Å². The fraction of sp³-hybridized carbons (Fsp3) is 0.581. The molecule has 1 aromatic rings. The standard InChI is InChI=1S/C31H40N4O5S/c36-19-5-4-14-35-27-30(39)33(16-15-32-17-20-40-21-18-32)13-7-11-31(27)26(29(35)38)25-24(41-31)10-6-12-34(28(25)37)22-23-8-2-1-3-9-23/h1-3,6-11,24-27,36H,4-5,12-22H2/t24-,25+,26+,27?,31+/m1/s1. The number of thioether (sulfide) groups is 1. The van der Waals surface area contributed by atoms with Crippen molar-refractivity contribution in [2.24, 2.45) is 11.8 Å². The summed E-state index contributed by atoms with van der Waals surface area (Å²) in [5.74, 6) is -1.30. The highest BCUT2D eigenvalue weighted by Crippen LogP contribution is 2.61. The molecule has 0 radical (unpaired) electrons. The first-order valence-electron chi connectivity index (χ1n) is 14.9. The summed E-state index contributed by atoms with van der Waals surface area (Å²) in [4.78, 5) is 50.7. The van der Waals surface area contributed by atoms with Gasteiger partial charge in [0, 0.05) is 64.2 Å². The van der Waals surface area contributed by atoms with E-state index in [0.717, 1.165) is 25.2 Å². The van der Waals surface area contributed by atoms with E-state index in [4.69, 9.17) is 4.74 Å². The molecule has 3 saturated heterocycles. The summed E-state index contributed by atoms with van der Waals surface area (Å²) >= 11 is 1.63. The third-order valence-corrected chi connectivity index (χ3v) is 10.9. The SMILES string of the molecule is O=C1C2N(CCCCO)C(=O)[C@@H]3[C@H]4C(=O)N(Cc5ccccc5)CC=C[C@H]4S[C@]23C=CCN1CCN1CCOCC1. The molecule has 5 heterocycles. The molecule has 1 spiro atoms. The van der Waals surface area contributed by atoms with Crippen molar-refractivity contribution in [2.75, 3.05) is 65.6 Å². The van der Waals surface area contributed by atoms with Crippen molar-refractivity contribution in [2.45, 2.75) is 35.4 Å². The maximum absolute atomic E-state index is 14.4. The van der Waals surface area contributed by atoms with Crippen LogP contribution in [0.1, 0.15) is 18.4 Å². The molecule has 0 aliphatic carbocycles. The van der Waals surface area contributed by atoms with Gasteiger partial charge in [0.15, 0.2) is 0 Å². The number of carbonyl (C=O) groups is 3. The summed E-state index contributed by atoms with van der Waals surface area (Å²) in [6, 6.07) is 9.27. The maximum atomic E-state index is 14.4. The number of nitrogens with zero attached hydrogens (tertiary/aromatic N) is 4. The van der Waals surface area contributed by atoms with Crippen molar-refractivity contribution in [3.8, 4) is 0 Å². The van der Waals surface area contributed by atoms with E-state index in [1.807, 2.05) is 52.3 Å². The van der Waals surface area contributed by atoms with Gasteiger partial charge >= 0.3 is 0 Å². The molecule has 5 atom stereocenters. The van der Waals surface area contributed by atoms with Crippen LogP contribution in [-0.2, 0) is 25.7 Å². The average molecular weight is 581 g/mol. The van der Waals surface area contributed by atoms with Crippen molar-refractivity contribution < 1.29 is 24.2 Å². The molecule has 41 heavy (non-hydrogen) atoms. The van der Waals surface area contributed by atoms with Crippen LogP contribution in [0.25, 0.3) is 0 Å². The van der Waals surface area contributed by atoms with Gasteiger partial charge in [0.1, 0.15) is 6.04 Å². The Balaban J connectivity index is 1.30. The zero-order chi connectivity index (χ0) is 28.4. The largest absolute Gasteiger partial charge is 0.396 e. The lowest BCUT2D eigenvalue weighted by molar-refractivity contribution is -0.144. The number of carbonyl (C=O) groups excluding carboxylic acids is 3. The van der Waals surface area contributed by atoms with Crippen LogP contribution >= 0.6 is 11.8 Å². The first-order chi connectivity index (χ1) is 20.0. The van der Waals surface area contributed by atoms with E-state index in [1.165, 1.54) is 0 Å². The molecular weight excluding hydrogens is 540 g/mol. The molecule has 6 rings (SSSR count). The van der Waals surface area contributed by atoms with Crippen LogP contribution in [0.3, 0.4) is 0 Å². The molecule has 9 nitrogen and oxygen atoms in total. The zero-order valence-electron chi connectivity index (χ0n) is 23.5. The van der Waals surface area contributed by atoms with E-state index in [2.05, 4.69) is 17.1 Å². The Morgan fingerprint density at radius 3 is 2.46 bits per heavy atom. The number of amides is 3. The molecule has 1 unspecified atom stereocenters. The lowest BCUT2D eigenvalue weighted by Gasteiger charge is -2.36. The van der Waals surface area contributed by atoms with E-state index in [9.17, 15) is 19.5 Å². The third kappa shape index (κ3) is 5.35. The molecule has 5 aliphatic rings. The Bertz CT molecular complexity index is 1190. The molecule has 5 aliphatic heterocycles. The molecule has 220 valence electrons. The van der Waals surface area contributed by atoms with Gasteiger partial charge in [-0.3, -0.25) is 19.3 Å². The smallest absolute Gasteiger partial charge is 0.247 e. The number of benzene rings is 1. The Morgan fingerprint density at radius 2 is 1.68 bits per heavy atom. The van der Waals surface area contributed by atoms with Crippen LogP contribution in [0.15, 0.2) is 54.6 Å². The summed E-state index contributed by atoms with van der Waals surface area (Å²) in [6.45, 7) is 6.38. The minimum atomic E-state index is -0.799. The highest BCUT2D eigenvalue weighted by atomic mass is 32.2. The third-order valence-electron chi connectivity index (χ3n) is 9.14. The normalized spacial score (nSPS) is 31.7. The predicted octanol–water partition coefficient (Wildman–Crippen LogP) is 1.39. The van der Waals surface area contributed by atoms with E-state index < -0.39 is 22.6 Å². The lowest BCUT2D eigenvalue weighted by Crippen LogP contribution is -2.54. The molecule has 0 saturated carbocycles. The van der Waals surface area contributed by atoms with Crippen molar-refractivity contribution in [3.63, 3.8) is 0 Å². The summed E-state index contributed by atoms with van der Waals surface area (Å²) in [6.07, 6.45) is 9.43. The van der Waals surface area contributed by atoms with Crippen LogP contribution < -0.4 is 0 Å². The van der Waals surface area contributed by atoms with Gasteiger partial charge in [-0.05, 0) is 18.4 Å². The number of hydrogen-bond acceptors (Lipinski definition) is 7. The maximum Gasteiger partial charge on any atom is 0.247 e. The number of fused-ring (bicyclic) bond motifs is 2. The number of likely N-dealkylation sites (tertiary alicyclic amines) is 1. The molecule has 0 bridgehead atoms. The fourth-order valence-electron chi connectivity index (χ4n) is 7.10. The van der Waals surface area contributed by atoms with E-state index in [0.29, 0.717) is 58.8 Å². The van der Waals surface area contributed by atoms with Crippen LogP contribution in [0.2, 0.25) is 0 Å². The second kappa shape index (κ2) is 12.3. The Kier molecular flexibility index (Phi) is 8.53. The monoisotopic (exact) mass is 580 g/mol. The fourth-order valence-corrected chi connectivity index (χ4v) is 9.11. The molecule has 10 heteroatoms. The van der Waals surface area contributed by atoms with Gasteiger partial charge in [-0.15, -0.1) is 11.8 Å². The summed E-state index contributed by atoms with van der Waals surface area (Å²) < 4.78 is 4.68. The van der Waals surface area contributed by atoms with Crippen molar-refractivity contribution in [1.29, 1.82) is 0 Å². The van der Waals surface area contributed by atoms with E-state index in [1.54, 1.807) is 16.7 Å². The van der Waals surface area contributed by atoms with Crippen molar-refractivity contribution >= 4 is 29.5 Å². The Labute approximate surface area is 246 Å². The summed E-state index contributed by atoms with van der Waals surface area (Å²) in [7, 11) is 0. The lowest BCUT2D eigenvalue weighted by atomic mass is 9.78. The zero-order valence-corrected chi connectivity index (χ0v) is 24.3. The summed E-state index contributed by atoms with van der Waals surface area (Å²) in [5.41, 5.74) is 1.05. The van der Waals surface area contributed by atoms with E-state index >= 15 is 0 Å². The number of unbranched alkanes of at least 4 members (excludes halogenated alkanes) is 1. The average Bonchev–Trinajstić information content (AvgIpc) is 3.31. The number of aliphatic hydroxyl groups is 1. The minimum absolute atomic E-state index is 0.0168. The molecular formula is C31H40N4O5S. The first-order valence-corrected chi connectivity index (χ1v) is 15.8. The van der Waals surface area contributed by atoms with Crippen LogP contribution in [0, 0.1) is 11.8 Å². The second-order valence-corrected chi connectivity index (χ2v) is 13.1. The molecule has 3 fully saturated rings. The highest BCUT2D eigenvalue weighted by molar-refractivity contribution is 8.02. The van der Waals surface area contributed by atoms with E-state index in [-0.39, 0.29) is 29.6 Å². The van der Waals surface area contributed by atoms with Gasteiger partial charge in [-0.1, -0.05) is 54.6 Å². The summed E-state index contributed by atoms with van der Waals surface area (Å²) in [5, 5.41) is 9.27. The molecule has 1 N–H and O–H groups in total. The quantitative estimate of drug-likeness (QED) is 0.349. The van der Waals surface area contributed by atoms with Crippen molar-refractivity contribution in [1.82, 2.24) is 19.6 Å².